The average Bonchev–Trinajstić information content (AvgIpc) is 2.88. The van der Waals surface area contributed by atoms with Crippen molar-refractivity contribution in [2.45, 2.75) is 13.5 Å². The predicted octanol–water partition coefficient (Wildman–Crippen LogP) is 8.43. The maximum atomic E-state index is 12.9. The summed E-state index contributed by atoms with van der Waals surface area (Å²) in [6, 6.07) is 24.1. The number of nitriles is 1. The number of carbonyl (C=O) groups excluding carboxylic acids is 1. The second-order valence-electron chi connectivity index (χ2n) is 7.96. The molecule has 1 N–H and O–H groups in total. The van der Waals surface area contributed by atoms with Gasteiger partial charge in [0.15, 0.2) is 11.5 Å². The van der Waals surface area contributed by atoms with Crippen LogP contribution in [0.5, 0.6) is 11.5 Å². The highest BCUT2D eigenvalue weighted by atomic mass is 79.9. The summed E-state index contributed by atoms with van der Waals surface area (Å²) >= 11 is 15.8. The summed E-state index contributed by atoms with van der Waals surface area (Å²) < 4.78 is 12.4. The molecule has 0 spiro atoms. The van der Waals surface area contributed by atoms with E-state index < -0.39 is 5.91 Å². The van der Waals surface area contributed by atoms with E-state index in [4.69, 9.17) is 32.7 Å². The van der Waals surface area contributed by atoms with E-state index in [0.717, 1.165) is 16.3 Å². The fraction of sp³-hybridized carbons (Fsp3) is 0.103. The first-order valence-electron chi connectivity index (χ1n) is 11.3. The van der Waals surface area contributed by atoms with Crippen molar-refractivity contribution >= 4 is 67.6 Å². The number of ether oxygens (including phenoxy) is 2. The Balaban J connectivity index is 1.57. The molecule has 0 aliphatic heterocycles. The van der Waals surface area contributed by atoms with Crippen LogP contribution < -0.4 is 14.8 Å². The zero-order valence-corrected chi connectivity index (χ0v) is 22.8. The Kier molecular flexibility index (Phi) is 8.73. The minimum atomic E-state index is -0.514. The van der Waals surface area contributed by atoms with Gasteiger partial charge in [0.2, 0.25) is 0 Å². The van der Waals surface area contributed by atoms with Gasteiger partial charge in [-0.3, -0.25) is 4.79 Å². The Labute approximate surface area is 233 Å². The maximum absolute atomic E-state index is 12.9. The summed E-state index contributed by atoms with van der Waals surface area (Å²) in [5.41, 5.74) is 1.90. The van der Waals surface area contributed by atoms with Crippen molar-refractivity contribution in [3.05, 3.63) is 104 Å². The molecule has 8 heteroatoms. The SMILES string of the molecule is CCOc1cc(/C=C(\C#N)C(=O)Nc2ccc3ccccc3c2)c(Br)cc1OCc1ccc(Cl)cc1Cl. The van der Waals surface area contributed by atoms with Crippen LogP contribution in [0.3, 0.4) is 0 Å². The van der Waals surface area contributed by atoms with Crippen LogP contribution in [0.4, 0.5) is 5.69 Å². The van der Waals surface area contributed by atoms with Gasteiger partial charge in [-0.25, -0.2) is 0 Å². The summed E-state index contributed by atoms with van der Waals surface area (Å²) in [7, 11) is 0. The minimum Gasteiger partial charge on any atom is -0.490 e. The van der Waals surface area contributed by atoms with Gasteiger partial charge >= 0.3 is 0 Å². The van der Waals surface area contributed by atoms with Gasteiger partial charge in [-0.05, 0) is 65.7 Å². The quantitative estimate of drug-likeness (QED) is 0.164. The van der Waals surface area contributed by atoms with Crippen molar-refractivity contribution in [3.8, 4) is 17.6 Å². The molecule has 0 saturated carbocycles. The minimum absolute atomic E-state index is 0.0575. The van der Waals surface area contributed by atoms with Gasteiger partial charge in [-0.2, -0.15) is 5.26 Å². The number of benzene rings is 4. The highest BCUT2D eigenvalue weighted by Gasteiger charge is 2.15. The van der Waals surface area contributed by atoms with Gasteiger partial charge in [0.25, 0.3) is 5.91 Å². The number of hydrogen-bond acceptors (Lipinski definition) is 4. The summed E-state index contributed by atoms with van der Waals surface area (Å²) in [5.74, 6) is 0.436. The number of nitrogens with zero attached hydrogens (tertiary/aromatic N) is 1. The number of nitrogens with one attached hydrogen (secondary N) is 1. The third kappa shape index (κ3) is 6.64. The third-order valence-electron chi connectivity index (χ3n) is 5.43. The number of anilines is 1. The van der Waals surface area contributed by atoms with Crippen LogP contribution in [0.1, 0.15) is 18.1 Å². The van der Waals surface area contributed by atoms with Crippen molar-refractivity contribution in [3.63, 3.8) is 0 Å². The number of fused-ring (bicyclic) bond motifs is 1. The number of amides is 1. The van der Waals surface area contributed by atoms with Crippen molar-refractivity contribution in [1.29, 1.82) is 5.26 Å². The van der Waals surface area contributed by atoms with E-state index in [-0.39, 0.29) is 12.2 Å². The van der Waals surface area contributed by atoms with Gasteiger partial charge in [0.1, 0.15) is 18.2 Å². The number of hydrogen-bond donors (Lipinski definition) is 1. The molecule has 0 fully saturated rings. The van der Waals surface area contributed by atoms with Gasteiger partial charge in [-0.15, -0.1) is 0 Å². The molecule has 0 aliphatic rings. The lowest BCUT2D eigenvalue weighted by Gasteiger charge is -2.15. The van der Waals surface area contributed by atoms with Crippen molar-refractivity contribution < 1.29 is 14.3 Å². The highest BCUT2D eigenvalue weighted by Crippen LogP contribution is 2.36. The molecular weight excluding hydrogens is 575 g/mol. The zero-order chi connectivity index (χ0) is 26.4. The van der Waals surface area contributed by atoms with E-state index in [1.54, 1.807) is 36.4 Å². The monoisotopic (exact) mass is 594 g/mol. The second-order valence-corrected chi connectivity index (χ2v) is 9.66. The molecule has 0 saturated heterocycles. The molecule has 0 atom stereocenters. The van der Waals surface area contributed by atoms with E-state index in [1.165, 1.54) is 6.08 Å². The third-order valence-corrected chi connectivity index (χ3v) is 6.71. The zero-order valence-electron chi connectivity index (χ0n) is 19.7. The Morgan fingerprint density at radius 1 is 1.00 bits per heavy atom. The van der Waals surface area contributed by atoms with Crippen LogP contribution >= 0.6 is 39.1 Å². The molecule has 37 heavy (non-hydrogen) atoms. The summed E-state index contributed by atoms with van der Waals surface area (Å²) in [6.45, 7) is 2.46. The lowest BCUT2D eigenvalue weighted by atomic mass is 10.1. The van der Waals surface area contributed by atoms with Crippen LogP contribution in [0.15, 0.2) is 82.8 Å². The lowest BCUT2D eigenvalue weighted by molar-refractivity contribution is -0.112. The molecule has 0 heterocycles. The van der Waals surface area contributed by atoms with Gasteiger partial charge in [0.05, 0.1) is 6.61 Å². The van der Waals surface area contributed by atoms with Crippen molar-refractivity contribution in [1.82, 2.24) is 0 Å². The van der Waals surface area contributed by atoms with Crippen LogP contribution in [0.25, 0.3) is 16.8 Å². The van der Waals surface area contributed by atoms with Crippen molar-refractivity contribution in [2.24, 2.45) is 0 Å². The van der Waals surface area contributed by atoms with Crippen LogP contribution in [0.2, 0.25) is 10.0 Å². The molecule has 4 rings (SSSR count). The Morgan fingerprint density at radius 2 is 1.76 bits per heavy atom. The van der Waals surface area contributed by atoms with E-state index >= 15 is 0 Å². The molecule has 0 bridgehead atoms. The van der Waals surface area contributed by atoms with E-state index in [9.17, 15) is 10.1 Å². The topological polar surface area (TPSA) is 71.3 Å². The maximum Gasteiger partial charge on any atom is 0.266 e. The Hall–Kier alpha value is -3.50. The van der Waals surface area contributed by atoms with Gasteiger partial charge in [-0.1, -0.05) is 75.5 Å². The molecule has 0 unspecified atom stereocenters. The molecular formula is C29H21BrCl2N2O3. The standard InChI is InChI=1S/C29H21BrCl2N2O3/c1-2-36-27-13-21(25(30)15-28(27)37-17-20-7-9-23(31)14-26(20)32)11-22(16-33)29(35)34-24-10-8-18-5-3-4-6-19(18)12-24/h3-15H,2,17H2,1H3,(H,34,35)/b22-11+. The summed E-state index contributed by atoms with van der Waals surface area (Å²) in [4.78, 5) is 12.9. The first kappa shape index (κ1) is 26.6. The van der Waals surface area contributed by atoms with Crippen LogP contribution in [-0.2, 0) is 11.4 Å². The van der Waals surface area contributed by atoms with Crippen LogP contribution in [-0.4, -0.2) is 12.5 Å². The predicted molar refractivity (Wildman–Crippen MR) is 152 cm³/mol. The molecule has 0 aliphatic carbocycles. The fourth-order valence-corrected chi connectivity index (χ4v) is 4.51. The summed E-state index contributed by atoms with van der Waals surface area (Å²) in [5, 5.41) is 15.6. The number of halogens is 3. The first-order chi connectivity index (χ1) is 17.9. The molecule has 5 nitrogen and oxygen atoms in total. The molecule has 1 amide bonds. The highest BCUT2D eigenvalue weighted by molar-refractivity contribution is 9.10. The lowest BCUT2D eigenvalue weighted by Crippen LogP contribution is -2.13. The molecule has 0 radical (unpaired) electrons. The Morgan fingerprint density at radius 3 is 2.49 bits per heavy atom. The van der Waals surface area contributed by atoms with E-state index in [1.807, 2.05) is 49.4 Å². The Bertz CT molecular complexity index is 1550. The van der Waals surface area contributed by atoms with Crippen molar-refractivity contribution in [2.75, 3.05) is 11.9 Å². The van der Waals surface area contributed by atoms with Gasteiger partial charge < -0.3 is 14.8 Å². The second kappa shape index (κ2) is 12.2. The van der Waals surface area contributed by atoms with E-state index in [2.05, 4.69) is 21.2 Å². The normalized spacial score (nSPS) is 11.2. The smallest absolute Gasteiger partial charge is 0.266 e. The van der Waals surface area contributed by atoms with Crippen LogP contribution in [0, 0.1) is 11.3 Å². The number of rotatable bonds is 8. The molecule has 4 aromatic carbocycles. The average molecular weight is 596 g/mol. The van der Waals surface area contributed by atoms with Gasteiger partial charge in [0, 0.05) is 25.8 Å². The molecule has 186 valence electrons. The number of carbonyl (C=O) groups is 1. The first-order valence-corrected chi connectivity index (χ1v) is 12.9. The largest absolute Gasteiger partial charge is 0.490 e. The van der Waals surface area contributed by atoms with E-state index in [0.29, 0.717) is 43.9 Å². The summed E-state index contributed by atoms with van der Waals surface area (Å²) in [6.07, 6.45) is 1.50. The fourth-order valence-electron chi connectivity index (χ4n) is 3.61. The molecule has 4 aromatic rings. The molecule has 0 aromatic heterocycles.